The van der Waals surface area contributed by atoms with Crippen LogP contribution in [0.15, 0.2) is 0 Å². The first-order valence-corrected chi connectivity index (χ1v) is 7.56. The maximum Gasteiger partial charge on any atom is 0.220 e. The Hall–Kier alpha value is -1.36. The van der Waals surface area contributed by atoms with Crippen molar-refractivity contribution < 1.29 is 9.90 Å². The van der Waals surface area contributed by atoms with Gasteiger partial charge in [0.1, 0.15) is 0 Å². The average Bonchev–Trinajstić information content (AvgIpc) is 2.59. The van der Waals surface area contributed by atoms with Gasteiger partial charge in [-0.15, -0.1) is 0 Å². The molecule has 1 aromatic rings. The normalized spacial score (nSPS) is 13.3. The van der Waals surface area contributed by atoms with Crippen LogP contribution in [-0.2, 0) is 18.3 Å². The van der Waals surface area contributed by atoms with Crippen molar-refractivity contribution in [2.45, 2.75) is 59.9 Å². The Morgan fingerprint density at radius 1 is 1.38 bits per heavy atom. The van der Waals surface area contributed by atoms with Gasteiger partial charge in [-0.1, -0.05) is 20.8 Å². The van der Waals surface area contributed by atoms with Crippen LogP contribution in [0.2, 0.25) is 0 Å². The van der Waals surface area contributed by atoms with E-state index in [0.717, 1.165) is 17.0 Å². The predicted molar refractivity (Wildman–Crippen MR) is 84.1 cm³/mol. The molecule has 1 unspecified atom stereocenters. The van der Waals surface area contributed by atoms with Crippen LogP contribution in [0.4, 0.5) is 0 Å². The SMILES string of the molecule is Cc1nn(C)c(C)c1CCC(=O)NC(CCO)C(C)(C)C. The van der Waals surface area contributed by atoms with Crippen LogP contribution in [0.3, 0.4) is 0 Å². The molecule has 1 rings (SSSR count). The fourth-order valence-electron chi connectivity index (χ4n) is 2.54. The molecule has 0 bridgehead atoms. The number of aliphatic hydroxyl groups is 1. The highest BCUT2D eigenvalue weighted by Gasteiger charge is 2.25. The average molecular weight is 295 g/mol. The largest absolute Gasteiger partial charge is 0.396 e. The molecule has 0 saturated carbocycles. The first-order chi connectivity index (χ1) is 9.66. The molecule has 1 atom stereocenters. The second-order valence-corrected chi connectivity index (χ2v) is 6.77. The number of carbonyl (C=O) groups is 1. The maximum atomic E-state index is 12.2. The minimum Gasteiger partial charge on any atom is -0.396 e. The zero-order valence-electron chi connectivity index (χ0n) is 14.2. The summed E-state index contributed by atoms with van der Waals surface area (Å²) in [4.78, 5) is 12.2. The van der Waals surface area contributed by atoms with E-state index in [0.29, 0.717) is 19.3 Å². The van der Waals surface area contributed by atoms with Crippen molar-refractivity contribution in [3.05, 3.63) is 17.0 Å². The molecule has 0 fully saturated rings. The molecule has 0 saturated heterocycles. The number of hydrogen-bond donors (Lipinski definition) is 2. The van der Waals surface area contributed by atoms with Gasteiger partial charge < -0.3 is 10.4 Å². The molecule has 0 aliphatic carbocycles. The standard InChI is InChI=1S/C16H29N3O2/c1-11-13(12(2)19(6)18-11)7-8-15(21)17-14(9-10-20)16(3,4)5/h14,20H,7-10H2,1-6H3,(H,17,21). The summed E-state index contributed by atoms with van der Waals surface area (Å²) in [6, 6.07) is -0.00825. The lowest BCUT2D eigenvalue weighted by atomic mass is 9.85. The molecule has 2 N–H and O–H groups in total. The van der Waals surface area contributed by atoms with Gasteiger partial charge >= 0.3 is 0 Å². The summed E-state index contributed by atoms with van der Waals surface area (Å²) in [6.07, 6.45) is 1.74. The van der Waals surface area contributed by atoms with Crippen molar-refractivity contribution >= 4 is 5.91 Å². The number of amides is 1. The second-order valence-electron chi connectivity index (χ2n) is 6.77. The molecule has 1 heterocycles. The van der Waals surface area contributed by atoms with Crippen molar-refractivity contribution in [3.8, 4) is 0 Å². The van der Waals surface area contributed by atoms with Gasteiger partial charge in [0.15, 0.2) is 0 Å². The second kappa shape index (κ2) is 7.07. The molecule has 5 nitrogen and oxygen atoms in total. The summed E-state index contributed by atoms with van der Waals surface area (Å²) in [7, 11) is 1.92. The Bertz CT molecular complexity index is 486. The molecular weight excluding hydrogens is 266 g/mol. The predicted octanol–water partition coefficient (Wildman–Crippen LogP) is 1.88. The minimum absolute atomic E-state index is 0.00825. The highest BCUT2D eigenvalue weighted by atomic mass is 16.3. The van der Waals surface area contributed by atoms with E-state index in [4.69, 9.17) is 5.11 Å². The number of rotatable bonds is 6. The van der Waals surface area contributed by atoms with Crippen LogP contribution in [0.5, 0.6) is 0 Å². The zero-order chi connectivity index (χ0) is 16.2. The fourth-order valence-corrected chi connectivity index (χ4v) is 2.54. The number of aromatic nitrogens is 2. The summed E-state index contributed by atoms with van der Waals surface area (Å²) >= 11 is 0. The summed E-state index contributed by atoms with van der Waals surface area (Å²) in [5.74, 6) is 0.0334. The summed E-state index contributed by atoms with van der Waals surface area (Å²) in [5.41, 5.74) is 3.20. The molecule has 120 valence electrons. The van der Waals surface area contributed by atoms with Crippen LogP contribution in [0, 0.1) is 19.3 Å². The third-order valence-electron chi connectivity index (χ3n) is 4.06. The Morgan fingerprint density at radius 2 is 2.00 bits per heavy atom. The molecule has 0 aliphatic rings. The summed E-state index contributed by atoms with van der Waals surface area (Å²) < 4.78 is 1.85. The molecular formula is C16H29N3O2. The van der Waals surface area contributed by atoms with E-state index >= 15 is 0 Å². The molecule has 5 heteroatoms. The Balaban J connectivity index is 2.61. The van der Waals surface area contributed by atoms with Gasteiger partial charge in [0.25, 0.3) is 0 Å². The fraction of sp³-hybridized carbons (Fsp3) is 0.750. The lowest BCUT2D eigenvalue weighted by molar-refractivity contribution is -0.122. The van der Waals surface area contributed by atoms with E-state index in [9.17, 15) is 4.79 Å². The summed E-state index contributed by atoms with van der Waals surface area (Å²) in [6.45, 7) is 10.3. The molecule has 0 aliphatic heterocycles. The molecule has 0 radical (unpaired) electrons. The maximum absolute atomic E-state index is 12.2. The summed E-state index contributed by atoms with van der Waals surface area (Å²) in [5, 5.41) is 16.6. The van der Waals surface area contributed by atoms with Gasteiger partial charge in [-0.2, -0.15) is 5.10 Å². The molecule has 0 aromatic carbocycles. The topological polar surface area (TPSA) is 67.2 Å². The van der Waals surface area contributed by atoms with Gasteiger partial charge in [0.05, 0.1) is 5.69 Å². The first-order valence-electron chi connectivity index (χ1n) is 7.56. The van der Waals surface area contributed by atoms with E-state index in [-0.39, 0.29) is 24.0 Å². The minimum atomic E-state index is -0.0570. The number of hydrogen-bond acceptors (Lipinski definition) is 3. The van der Waals surface area contributed by atoms with Crippen molar-refractivity contribution in [1.82, 2.24) is 15.1 Å². The lowest BCUT2D eigenvalue weighted by Crippen LogP contribution is -2.44. The number of aliphatic hydroxyl groups excluding tert-OH is 1. The highest BCUT2D eigenvalue weighted by Crippen LogP contribution is 2.22. The first kappa shape index (κ1) is 17.7. The van der Waals surface area contributed by atoms with Crippen LogP contribution in [0.25, 0.3) is 0 Å². The Morgan fingerprint density at radius 3 is 2.43 bits per heavy atom. The van der Waals surface area contributed by atoms with Crippen LogP contribution in [0.1, 0.15) is 50.6 Å². The third kappa shape index (κ3) is 4.84. The molecule has 0 spiro atoms. The molecule has 1 amide bonds. The molecule has 1 aromatic heterocycles. The Kier molecular flexibility index (Phi) is 5.96. The van der Waals surface area contributed by atoms with Gasteiger partial charge in [-0.05, 0) is 37.7 Å². The number of carbonyl (C=O) groups excluding carboxylic acids is 1. The van der Waals surface area contributed by atoms with Gasteiger partial charge in [0, 0.05) is 31.8 Å². The van der Waals surface area contributed by atoms with Crippen molar-refractivity contribution in [3.63, 3.8) is 0 Å². The third-order valence-corrected chi connectivity index (χ3v) is 4.06. The van der Waals surface area contributed by atoms with E-state index in [2.05, 4.69) is 31.2 Å². The van der Waals surface area contributed by atoms with Crippen LogP contribution >= 0.6 is 0 Å². The van der Waals surface area contributed by atoms with Crippen molar-refractivity contribution in [1.29, 1.82) is 0 Å². The van der Waals surface area contributed by atoms with E-state index in [1.54, 1.807) is 0 Å². The zero-order valence-corrected chi connectivity index (χ0v) is 14.2. The van der Waals surface area contributed by atoms with E-state index in [1.807, 2.05) is 25.6 Å². The van der Waals surface area contributed by atoms with Crippen molar-refractivity contribution in [2.24, 2.45) is 12.5 Å². The number of nitrogens with one attached hydrogen (secondary N) is 1. The van der Waals surface area contributed by atoms with Crippen LogP contribution in [-0.4, -0.2) is 33.4 Å². The van der Waals surface area contributed by atoms with Gasteiger partial charge in [-0.3, -0.25) is 9.48 Å². The monoisotopic (exact) mass is 295 g/mol. The van der Waals surface area contributed by atoms with Crippen molar-refractivity contribution in [2.75, 3.05) is 6.61 Å². The Labute approximate surface area is 127 Å². The lowest BCUT2D eigenvalue weighted by Gasteiger charge is -2.31. The number of aryl methyl sites for hydroxylation is 2. The smallest absolute Gasteiger partial charge is 0.220 e. The van der Waals surface area contributed by atoms with Crippen LogP contribution < -0.4 is 5.32 Å². The van der Waals surface area contributed by atoms with E-state index in [1.165, 1.54) is 0 Å². The highest BCUT2D eigenvalue weighted by molar-refractivity contribution is 5.76. The molecule has 21 heavy (non-hydrogen) atoms. The number of nitrogens with zero attached hydrogens (tertiary/aromatic N) is 2. The quantitative estimate of drug-likeness (QED) is 0.842. The van der Waals surface area contributed by atoms with Gasteiger partial charge in [0.2, 0.25) is 5.91 Å². The van der Waals surface area contributed by atoms with Gasteiger partial charge in [-0.25, -0.2) is 0 Å². The van der Waals surface area contributed by atoms with E-state index < -0.39 is 0 Å².